The van der Waals surface area contributed by atoms with Crippen LogP contribution in [0.1, 0.15) is 31.6 Å². The summed E-state index contributed by atoms with van der Waals surface area (Å²) in [5.74, 6) is 0. The van der Waals surface area contributed by atoms with Crippen molar-refractivity contribution in [1.29, 1.82) is 0 Å². The van der Waals surface area contributed by atoms with Crippen LogP contribution in [0.5, 0.6) is 0 Å². The molecule has 1 rings (SSSR count). The molecule has 0 aliphatic heterocycles. The van der Waals surface area contributed by atoms with Gasteiger partial charge in [0.15, 0.2) is 0 Å². The summed E-state index contributed by atoms with van der Waals surface area (Å²) in [4.78, 5) is 1.45. The molecule has 0 radical (unpaired) electrons. The predicted molar refractivity (Wildman–Crippen MR) is 80.4 cm³/mol. The third kappa shape index (κ3) is 4.86. The number of aryl methyl sites for hydroxylation is 1. The maximum atomic E-state index is 3.54. The number of thiophene rings is 1. The molecule has 0 spiro atoms. The number of halogens is 2. The minimum atomic E-state index is 0.423. The van der Waals surface area contributed by atoms with Gasteiger partial charge in [-0.2, -0.15) is 0 Å². The largest absolute Gasteiger partial charge is 0.320 e. The van der Waals surface area contributed by atoms with Gasteiger partial charge >= 0.3 is 0 Å². The van der Waals surface area contributed by atoms with Gasteiger partial charge in [0, 0.05) is 9.35 Å². The van der Waals surface area contributed by atoms with Crippen LogP contribution in [0.2, 0.25) is 0 Å². The van der Waals surface area contributed by atoms with Crippen LogP contribution in [0.15, 0.2) is 14.3 Å². The highest BCUT2D eigenvalue weighted by Crippen LogP contribution is 2.35. The van der Waals surface area contributed by atoms with Gasteiger partial charge in [-0.3, -0.25) is 0 Å². The highest BCUT2D eigenvalue weighted by molar-refractivity contribution is 9.13. The second-order valence-electron chi connectivity index (χ2n) is 4.85. The standard InChI is InChI=1S/C12H19Br2NS/c1-12(2,6-7-15-3)5-4-9-8-10(13)11(14)16-9/h8,15H,4-7H2,1-3H3. The number of rotatable bonds is 6. The first-order chi connectivity index (χ1) is 7.44. The first-order valence-corrected chi connectivity index (χ1v) is 7.93. The fraction of sp³-hybridized carbons (Fsp3) is 0.667. The van der Waals surface area contributed by atoms with Crippen LogP contribution >= 0.6 is 43.2 Å². The Morgan fingerprint density at radius 2 is 2.00 bits per heavy atom. The van der Waals surface area contributed by atoms with E-state index in [4.69, 9.17) is 0 Å². The lowest BCUT2D eigenvalue weighted by Gasteiger charge is -2.24. The molecule has 0 aliphatic rings. The van der Waals surface area contributed by atoms with Gasteiger partial charge in [-0.25, -0.2) is 0 Å². The van der Waals surface area contributed by atoms with E-state index in [2.05, 4.69) is 57.1 Å². The van der Waals surface area contributed by atoms with Crippen LogP contribution in [-0.4, -0.2) is 13.6 Å². The lowest BCUT2D eigenvalue weighted by Crippen LogP contribution is -2.20. The fourth-order valence-electron chi connectivity index (χ4n) is 1.56. The van der Waals surface area contributed by atoms with Crippen molar-refractivity contribution in [3.8, 4) is 0 Å². The molecule has 1 aromatic rings. The molecule has 0 aliphatic carbocycles. The predicted octanol–water partition coefficient (Wildman–Crippen LogP) is 4.84. The van der Waals surface area contributed by atoms with Gasteiger partial charge in [0.25, 0.3) is 0 Å². The van der Waals surface area contributed by atoms with Crippen molar-refractivity contribution in [2.24, 2.45) is 5.41 Å². The molecule has 0 aromatic carbocycles. The smallest absolute Gasteiger partial charge is 0.0843 e. The molecule has 92 valence electrons. The highest BCUT2D eigenvalue weighted by atomic mass is 79.9. The van der Waals surface area contributed by atoms with Crippen LogP contribution in [0, 0.1) is 5.41 Å². The molecule has 0 bridgehead atoms. The highest BCUT2D eigenvalue weighted by Gasteiger charge is 2.17. The molecule has 0 amide bonds. The molecule has 16 heavy (non-hydrogen) atoms. The number of hydrogen-bond donors (Lipinski definition) is 1. The Kier molecular flexibility index (Phi) is 5.99. The van der Waals surface area contributed by atoms with Crippen molar-refractivity contribution in [2.45, 2.75) is 33.1 Å². The second-order valence-corrected chi connectivity index (χ2v) is 8.16. The van der Waals surface area contributed by atoms with Gasteiger partial charge in [-0.1, -0.05) is 13.8 Å². The molecule has 0 fully saturated rings. The van der Waals surface area contributed by atoms with E-state index in [1.165, 1.54) is 32.4 Å². The molecule has 0 saturated heterocycles. The van der Waals surface area contributed by atoms with Crippen LogP contribution in [0.25, 0.3) is 0 Å². The van der Waals surface area contributed by atoms with E-state index in [-0.39, 0.29) is 0 Å². The Hall–Kier alpha value is 0.620. The van der Waals surface area contributed by atoms with Crippen molar-refractivity contribution in [3.63, 3.8) is 0 Å². The Bertz CT molecular complexity index is 314. The van der Waals surface area contributed by atoms with E-state index < -0.39 is 0 Å². The summed E-state index contributed by atoms with van der Waals surface area (Å²) in [5, 5.41) is 3.22. The topological polar surface area (TPSA) is 12.0 Å². The summed E-state index contributed by atoms with van der Waals surface area (Å²) in [6.07, 6.45) is 3.65. The number of hydrogen-bond acceptors (Lipinski definition) is 2. The Balaban J connectivity index is 2.44. The zero-order chi connectivity index (χ0) is 12.2. The summed E-state index contributed by atoms with van der Waals surface area (Å²) in [7, 11) is 2.02. The molecule has 1 nitrogen and oxygen atoms in total. The van der Waals surface area contributed by atoms with Crippen molar-refractivity contribution in [1.82, 2.24) is 5.32 Å². The van der Waals surface area contributed by atoms with Gasteiger partial charge in [-0.15, -0.1) is 11.3 Å². The van der Waals surface area contributed by atoms with Crippen molar-refractivity contribution in [3.05, 3.63) is 19.2 Å². The van der Waals surface area contributed by atoms with Crippen LogP contribution in [0.4, 0.5) is 0 Å². The monoisotopic (exact) mass is 367 g/mol. The van der Waals surface area contributed by atoms with Gasteiger partial charge < -0.3 is 5.32 Å². The molecule has 0 atom stereocenters. The minimum Gasteiger partial charge on any atom is -0.320 e. The van der Waals surface area contributed by atoms with Crippen molar-refractivity contribution < 1.29 is 0 Å². The average Bonchev–Trinajstić information content (AvgIpc) is 2.53. The minimum absolute atomic E-state index is 0.423. The van der Waals surface area contributed by atoms with Gasteiger partial charge in [0.2, 0.25) is 0 Å². The maximum Gasteiger partial charge on any atom is 0.0843 e. The fourth-order valence-corrected chi connectivity index (χ4v) is 3.74. The van der Waals surface area contributed by atoms with E-state index in [1.807, 2.05) is 18.4 Å². The van der Waals surface area contributed by atoms with Gasteiger partial charge in [-0.05, 0) is 76.2 Å². The average molecular weight is 369 g/mol. The quantitative estimate of drug-likeness (QED) is 0.757. The van der Waals surface area contributed by atoms with E-state index >= 15 is 0 Å². The Labute approximate surface area is 119 Å². The number of nitrogens with one attached hydrogen (secondary N) is 1. The summed E-state index contributed by atoms with van der Waals surface area (Å²) >= 11 is 8.91. The SMILES string of the molecule is CNCCC(C)(C)CCc1cc(Br)c(Br)s1. The van der Waals surface area contributed by atoms with Crippen molar-refractivity contribution in [2.75, 3.05) is 13.6 Å². The lowest BCUT2D eigenvalue weighted by molar-refractivity contribution is 0.306. The maximum absolute atomic E-state index is 3.54. The normalized spacial score (nSPS) is 12.1. The third-order valence-corrected chi connectivity index (χ3v) is 6.11. The third-order valence-electron chi connectivity index (χ3n) is 2.80. The first kappa shape index (κ1) is 14.7. The van der Waals surface area contributed by atoms with E-state index in [0.717, 1.165) is 6.54 Å². The zero-order valence-corrected chi connectivity index (χ0v) is 14.1. The summed E-state index contributed by atoms with van der Waals surface area (Å²) in [5.41, 5.74) is 0.423. The van der Waals surface area contributed by atoms with Crippen LogP contribution in [-0.2, 0) is 6.42 Å². The lowest BCUT2D eigenvalue weighted by atomic mass is 9.84. The molecular weight excluding hydrogens is 350 g/mol. The summed E-state index contributed by atoms with van der Waals surface area (Å²) in [6, 6.07) is 2.23. The molecule has 1 N–H and O–H groups in total. The van der Waals surface area contributed by atoms with E-state index in [0.29, 0.717) is 5.41 Å². The van der Waals surface area contributed by atoms with E-state index in [9.17, 15) is 0 Å². The van der Waals surface area contributed by atoms with E-state index in [1.54, 1.807) is 0 Å². The van der Waals surface area contributed by atoms with Gasteiger partial charge in [0.05, 0.1) is 3.79 Å². The zero-order valence-electron chi connectivity index (χ0n) is 10.1. The van der Waals surface area contributed by atoms with Crippen LogP contribution < -0.4 is 5.32 Å². The van der Waals surface area contributed by atoms with Gasteiger partial charge in [0.1, 0.15) is 0 Å². The molecule has 1 aromatic heterocycles. The molecular formula is C12H19Br2NS. The van der Waals surface area contributed by atoms with Crippen molar-refractivity contribution >= 4 is 43.2 Å². The molecule has 0 saturated carbocycles. The Morgan fingerprint density at radius 1 is 1.31 bits per heavy atom. The first-order valence-electron chi connectivity index (χ1n) is 5.53. The van der Waals surface area contributed by atoms with Crippen LogP contribution in [0.3, 0.4) is 0 Å². The molecule has 1 heterocycles. The second kappa shape index (κ2) is 6.53. The summed E-state index contributed by atoms with van der Waals surface area (Å²) in [6.45, 7) is 5.80. The Morgan fingerprint density at radius 3 is 2.50 bits per heavy atom. The molecule has 4 heteroatoms. The molecule has 0 unspecified atom stereocenters. The summed E-state index contributed by atoms with van der Waals surface area (Å²) < 4.78 is 2.39.